The number of aliphatic carboxylic acids is 1. The van der Waals surface area contributed by atoms with Gasteiger partial charge in [0.25, 0.3) is 0 Å². The lowest BCUT2D eigenvalue weighted by Gasteiger charge is -2.32. The first-order chi connectivity index (χ1) is 9.50. The van der Waals surface area contributed by atoms with Gasteiger partial charge in [0.15, 0.2) is 0 Å². The van der Waals surface area contributed by atoms with E-state index in [9.17, 15) is 14.7 Å². The molecule has 6 heteroatoms. The molecule has 6 nitrogen and oxygen atoms in total. The van der Waals surface area contributed by atoms with Crippen LogP contribution in [-0.4, -0.2) is 51.8 Å². The molecule has 1 saturated heterocycles. The van der Waals surface area contributed by atoms with E-state index >= 15 is 0 Å². The van der Waals surface area contributed by atoms with Gasteiger partial charge in [-0.25, -0.2) is 9.59 Å². The lowest BCUT2D eigenvalue weighted by Crippen LogP contribution is -2.58. The molecule has 0 bridgehead atoms. The summed E-state index contributed by atoms with van der Waals surface area (Å²) >= 11 is 0. The molecule has 1 atom stereocenters. The fourth-order valence-electron chi connectivity index (χ4n) is 2.79. The fourth-order valence-corrected chi connectivity index (χ4v) is 2.79. The van der Waals surface area contributed by atoms with E-state index in [0.29, 0.717) is 25.8 Å². The van der Waals surface area contributed by atoms with Gasteiger partial charge in [-0.2, -0.15) is 0 Å². The number of aliphatic hydroxyl groups excluding tert-OH is 1. The number of urea groups is 1. The molecule has 0 aromatic rings. The van der Waals surface area contributed by atoms with Gasteiger partial charge in [0.2, 0.25) is 0 Å². The average Bonchev–Trinajstić information content (AvgIpc) is 2.90. The van der Waals surface area contributed by atoms with Crippen LogP contribution in [0.25, 0.3) is 0 Å². The second kappa shape index (κ2) is 7.47. The average molecular weight is 286 g/mol. The zero-order valence-electron chi connectivity index (χ0n) is 12.4. The Hall–Kier alpha value is -1.30. The number of nitrogens with zero attached hydrogens (tertiary/aromatic N) is 1. The Balaban J connectivity index is 2.71. The number of hydrogen-bond donors (Lipinski definition) is 3. The Morgan fingerprint density at radius 3 is 2.50 bits per heavy atom. The van der Waals surface area contributed by atoms with Crippen LogP contribution in [-0.2, 0) is 4.79 Å². The molecule has 0 aromatic heterocycles. The first-order valence-corrected chi connectivity index (χ1v) is 7.43. The standard InChI is InChI=1S/C14H26N2O4/c1-3-14(4-2,12(18)19)15-13(20)16-9-5-7-11(16)8-6-10-17/h11,17H,3-10H2,1-2H3,(H,15,20)(H,18,19). The van der Waals surface area contributed by atoms with Crippen LogP contribution in [0, 0.1) is 0 Å². The van der Waals surface area contributed by atoms with Crippen molar-refractivity contribution >= 4 is 12.0 Å². The molecule has 0 radical (unpaired) electrons. The van der Waals surface area contributed by atoms with E-state index in [1.165, 1.54) is 0 Å². The lowest BCUT2D eigenvalue weighted by atomic mass is 9.93. The van der Waals surface area contributed by atoms with Crippen molar-refractivity contribution in [1.82, 2.24) is 10.2 Å². The van der Waals surface area contributed by atoms with Gasteiger partial charge in [-0.15, -0.1) is 0 Å². The SMILES string of the molecule is CCC(CC)(NC(=O)N1CCCC1CCCO)C(=O)O. The van der Waals surface area contributed by atoms with E-state index in [1.54, 1.807) is 18.7 Å². The molecule has 0 aromatic carbocycles. The fraction of sp³-hybridized carbons (Fsp3) is 0.857. The summed E-state index contributed by atoms with van der Waals surface area (Å²) in [5, 5.41) is 20.9. The molecule has 0 spiro atoms. The minimum atomic E-state index is -1.18. The highest BCUT2D eigenvalue weighted by Gasteiger charge is 2.39. The van der Waals surface area contributed by atoms with Gasteiger partial charge in [-0.05, 0) is 38.5 Å². The molecule has 116 valence electrons. The summed E-state index contributed by atoms with van der Waals surface area (Å²) in [5.41, 5.74) is -1.18. The number of aliphatic hydroxyl groups is 1. The second-order valence-electron chi connectivity index (χ2n) is 5.38. The third kappa shape index (κ3) is 3.62. The predicted octanol–water partition coefficient (Wildman–Crippen LogP) is 1.58. The second-order valence-corrected chi connectivity index (χ2v) is 5.38. The smallest absolute Gasteiger partial charge is 0.329 e. The summed E-state index contributed by atoms with van der Waals surface area (Å²) < 4.78 is 0. The predicted molar refractivity (Wildman–Crippen MR) is 75.5 cm³/mol. The summed E-state index contributed by atoms with van der Waals surface area (Å²) in [5.74, 6) is -0.984. The zero-order chi connectivity index (χ0) is 15.2. The molecule has 20 heavy (non-hydrogen) atoms. The maximum Gasteiger partial charge on any atom is 0.329 e. The molecule has 1 aliphatic rings. The maximum absolute atomic E-state index is 12.3. The first-order valence-electron chi connectivity index (χ1n) is 7.43. The Labute approximate surface area is 120 Å². The van der Waals surface area contributed by atoms with Crippen LogP contribution in [0.4, 0.5) is 4.79 Å². The van der Waals surface area contributed by atoms with Crippen molar-refractivity contribution in [2.75, 3.05) is 13.2 Å². The third-order valence-electron chi connectivity index (χ3n) is 4.30. The monoisotopic (exact) mass is 286 g/mol. The van der Waals surface area contributed by atoms with E-state index in [0.717, 1.165) is 19.3 Å². The van der Waals surface area contributed by atoms with Crippen molar-refractivity contribution < 1.29 is 19.8 Å². The van der Waals surface area contributed by atoms with Gasteiger partial charge in [0.1, 0.15) is 5.54 Å². The summed E-state index contributed by atoms with van der Waals surface area (Å²) in [4.78, 5) is 25.5. The number of nitrogens with one attached hydrogen (secondary N) is 1. The van der Waals surface area contributed by atoms with E-state index in [2.05, 4.69) is 5.32 Å². The molecule has 1 fully saturated rings. The number of amides is 2. The highest BCUT2D eigenvalue weighted by Crippen LogP contribution is 2.23. The molecule has 3 N–H and O–H groups in total. The van der Waals surface area contributed by atoms with E-state index in [1.807, 2.05) is 0 Å². The van der Waals surface area contributed by atoms with Crippen LogP contribution >= 0.6 is 0 Å². The third-order valence-corrected chi connectivity index (χ3v) is 4.30. The first kappa shape index (κ1) is 16.8. The number of carbonyl (C=O) groups excluding carboxylic acids is 1. The van der Waals surface area contributed by atoms with Crippen molar-refractivity contribution in [1.29, 1.82) is 0 Å². The van der Waals surface area contributed by atoms with Crippen molar-refractivity contribution in [3.05, 3.63) is 0 Å². The van der Waals surface area contributed by atoms with Crippen LogP contribution in [0.2, 0.25) is 0 Å². The topological polar surface area (TPSA) is 89.9 Å². The number of rotatable bonds is 7. The molecule has 2 amide bonds. The lowest BCUT2D eigenvalue weighted by molar-refractivity contribution is -0.144. The zero-order valence-corrected chi connectivity index (χ0v) is 12.4. The van der Waals surface area contributed by atoms with Crippen LogP contribution in [0.5, 0.6) is 0 Å². The highest BCUT2D eigenvalue weighted by molar-refractivity contribution is 5.86. The van der Waals surface area contributed by atoms with Gasteiger partial charge in [-0.1, -0.05) is 13.8 Å². The van der Waals surface area contributed by atoms with Gasteiger partial charge < -0.3 is 20.4 Å². The maximum atomic E-state index is 12.3. The van der Waals surface area contributed by atoms with Gasteiger partial charge in [0, 0.05) is 19.2 Å². The van der Waals surface area contributed by atoms with E-state index in [4.69, 9.17) is 5.11 Å². The molecule has 1 rings (SSSR count). The molecule has 1 heterocycles. The van der Waals surface area contributed by atoms with Crippen LogP contribution < -0.4 is 5.32 Å². The van der Waals surface area contributed by atoms with E-state index < -0.39 is 11.5 Å². The minimum absolute atomic E-state index is 0.113. The van der Waals surface area contributed by atoms with Crippen molar-refractivity contribution in [2.45, 2.75) is 64.0 Å². The highest BCUT2D eigenvalue weighted by atomic mass is 16.4. The van der Waals surface area contributed by atoms with Crippen LogP contribution in [0.1, 0.15) is 52.4 Å². The van der Waals surface area contributed by atoms with E-state index in [-0.39, 0.29) is 18.7 Å². The molecule has 1 aliphatic heterocycles. The van der Waals surface area contributed by atoms with Crippen molar-refractivity contribution in [2.24, 2.45) is 0 Å². The van der Waals surface area contributed by atoms with Crippen LogP contribution in [0.3, 0.4) is 0 Å². The molecular formula is C14H26N2O4. The number of carboxylic acids is 1. The number of carbonyl (C=O) groups is 2. The molecule has 0 aliphatic carbocycles. The molecular weight excluding hydrogens is 260 g/mol. The van der Waals surface area contributed by atoms with Gasteiger partial charge in [-0.3, -0.25) is 0 Å². The summed E-state index contributed by atoms with van der Waals surface area (Å²) in [7, 11) is 0. The summed E-state index contributed by atoms with van der Waals surface area (Å²) in [6.07, 6.45) is 4.01. The number of hydrogen-bond acceptors (Lipinski definition) is 3. The summed E-state index contributed by atoms with van der Waals surface area (Å²) in [6, 6.07) is -0.182. The molecule has 1 unspecified atom stereocenters. The van der Waals surface area contributed by atoms with Crippen molar-refractivity contribution in [3.63, 3.8) is 0 Å². The largest absolute Gasteiger partial charge is 0.480 e. The summed E-state index contributed by atoms with van der Waals surface area (Å²) in [6.45, 7) is 4.32. The Morgan fingerprint density at radius 1 is 1.35 bits per heavy atom. The minimum Gasteiger partial charge on any atom is -0.480 e. The Bertz CT molecular complexity index is 342. The Morgan fingerprint density at radius 2 is 2.00 bits per heavy atom. The number of likely N-dealkylation sites (tertiary alicyclic amines) is 1. The normalized spacial score (nSPS) is 19.1. The van der Waals surface area contributed by atoms with Crippen LogP contribution in [0.15, 0.2) is 0 Å². The quantitative estimate of drug-likeness (QED) is 0.662. The van der Waals surface area contributed by atoms with Gasteiger partial charge >= 0.3 is 12.0 Å². The van der Waals surface area contributed by atoms with Crippen molar-refractivity contribution in [3.8, 4) is 0 Å². The number of carboxylic acid groups (broad SMARTS) is 1. The Kier molecular flexibility index (Phi) is 6.26. The van der Waals surface area contributed by atoms with Gasteiger partial charge in [0.05, 0.1) is 0 Å². The molecule has 0 saturated carbocycles.